The second-order valence-corrected chi connectivity index (χ2v) is 8.67. The number of anilines is 2. The van der Waals surface area contributed by atoms with Crippen LogP contribution in [0.25, 0.3) is 5.69 Å². The van der Waals surface area contributed by atoms with Crippen molar-refractivity contribution < 1.29 is 9.90 Å². The highest BCUT2D eigenvalue weighted by Crippen LogP contribution is 2.26. The number of amides is 1. The summed E-state index contributed by atoms with van der Waals surface area (Å²) in [6.07, 6.45) is 2.31. The van der Waals surface area contributed by atoms with Crippen LogP contribution >= 0.6 is 11.6 Å². The second kappa shape index (κ2) is 10.7. The minimum absolute atomic E-state index is 0.202. The molecule has 0 bridgehead atoms. The first-order valence-corrected chi connectivity index (χ1v) is 11.6. The number of aliphatic hydroxyl groups is 1. The molecule has 0 aliphatic carbocycles. The number of carbonyl (C=O) groups is 1. The Morgan fingerprint density at radius 2 is 1.91 bits per heavy atom. The van der Waals surface area contributed by atoms with Crippen LogP contribution in [0.1, 0.15) is 28.0 Å². The first-order chi connectivity index (χ1) is 16.5. The lowest BCUT2D eigenvalue weighted by Crippen LogP contribution is -2.47. The van der Waals surface area contributed by atoms with Crippen molar-refractivity contribution in [1.29, 1.82) is 5.26 Å². The summed E-state index contributed by atoms with van der Waals surface area (Å²) in [7, 11) is 0. The van der Waals surface area contributed by atoms with Crippen molar-refractivity contribution in [3.8, 4) is 11.8 Å². The molecule has 1 aliphatic heterocycles. The minimum Gasteiger partial charge on any atom is -0.396 e. The van der Waals surface area contributed by atoms with Gasteiger partial charge in [0.05, 0.1) is 34.4 Å². The molecular formula is C25H27ClN6O2. The third-order valence-electron chi connectivity index (χ3n) is 6.05. The zero-order valence-corrected chi connectivity index (χ0v) is 19.8. The second-order valence-electron chi connectivity index (χ2n) is 8.24. The molecule has 1 aromatic heterocycles. The van der Waals surface area contributed by atoms with Crippen LogP contribution in [-0.2, 0) is 0 Å². The van der Waals surface area contributed by atoms with E-state index in [4.69, 9.17) is 16.7 Å². The van der Waals surface area contributed by atoms with E-state index in [-0.39, 0.29) is 12.5 Å². The molecule has 0 unspecified atom stereocenters. The standard InChI is InChI=1S/C25H27ClN6O2/c1-18-23(17-28-32(18)22-6-3-20(26)4-7-22)25(34)29-21-5-8-24(19(15-21)16-27)31-12-10-30(11-13-31)9-2-14-33/h3-8,15,17,33H,2,9-14H2,1H3,(H,29,34). The lowest BCUT2D eigenvalue weighted by atomic mass is 10.1. The van der Waals surface area contributed by atoms with Crippen LogP contribution in [0, 0.1) is 18.3 Å². The highest BCUT2D eigenvalue weighted by atomic mass is 35.5. The van der Waals surface area contributed by atoms with Crippen molar-refractivity contribution in [3.05, 3.63) is 70.5 Å². The Morgan fingerprint density at radius 1 is 1.18 bits per heavy atom. The Hall–Kier alpha value is -3.38. The predicted octanol–water partition coefficient (Wildman–Crippen LogP) is 3.46. The lowest BCUT2D eigenvalue weighted by Gasteiger charge is -2.36. The highest BCUT2D eigenvalue weighted by Gasteiger charge is 2.20. The van der Waals surface area contributed by atoms with Gasteiger partial charge < -0.3 is 15.3 Å². The Morgan fingerprint density at radius 3 is 2.59 bits per heavy atom. The molecule has 2 N–H and O–H groups in total. The number of benzene rings is 2. The number of nitriles is 1. The van der Waals surface area contributed by atoms with Gasteiger partial charge in [-0.05, 0) is 55.8 Å². The van der Waals surface area contributed by atoms with Crippen molar-refractivity contribution in [1.82, 2.24) is 14.7 Å². The molecule has 0 saturated carbocycles. The zero-order chi connectivity index (χ0) is 24.1. The smallest absolute Gasteiger partial charge is 0.259 e. The average molecular weight is 479 g/mol. The lowest BCUT2D eigenvalue weighted by molar-refractivity contribution is 0.102. The fourth-order valence-electron chi connectivity index (χ4n) is 4.16. The summed E-state index contributed by atoms with van der Waals surface area (Å²) < 4.78 is 1.69. The first kappa shape index (κ1) is 23.8. The van der Waals surface area contributed by atoms with Gasteiger partial charge in [0.1, 0.15) is 6.07 Å². The molecule has 9 heteroatoms. The Balaban J connectivity index is 1.45. The molecule has 4 rings (SSSR count). The van der Waals surface area contributed by atoms with E-state index in [2.05, 4.69) is 26.3 Å². The number of hydrogen-bond donors (Lipinski definition) is 2. The van der Waals surface area contributed by atoms with Crippen LogP contribution < -0.4 is 10.2 Å². The molecule has 34 heavy (non-hydrogen) atoms. The van der Waals surface area contributed by atoms with Gasteiger partial charge in [-0.3, -0.25) is 9.69 Å². The van der Waals surface area contributed by atoms with E-state index in [1.165, 1.54) is 6.20 Å². The third-order valence-corrected chi connectivity index (χ3v) is 6.30. The number of aliphatic hydroxyl groups excluding tert-OH is 1. The number of aromatic nitrogens is 2. The molecule has 0 atom stereocenters. The van der Waals surface area contributed by atoms with Gasteiger partial charge in [0.2, 0.25) is 0 Å². The van der Waals surface area contributed by atoms with Gasteiger partial charge in [0.25, 0.3) is 5.91 Å². The van der Waals surface area contributed by atoms with Gasteiger partial charge in [-0.25, -0.2) is 4.68 Å². The van der Waals surface area contributed by atoms with Crippen molar-refractivity contribution in [2.75, 3.05) is 49.5 Å². The van der Waals surface area contributed by atoms with E-state index >= 15 is 0 Å². The maximum Gasteiger partial charge on any atom is 0.259 e. The average Bonchev–Trinajstić information content (AvgIpc) is 3.25. The Kier molecular flexibility index (Phi) is 7.48. The number of rotatable bonds is 7. The Labute approximate surface area is 204 Å². The van der Waals surface area contributed by atoms with Gasteiger partial charge in [0, 0.05) is 50.0 Å². The third kappa shape index (κ3) is 5.23. The van der Waals surface area contributed by atoms with Crippen molar-refractivity contribution in [3.63, 3.8) is 0 Å². The maximum absolute atomic E-state index is 12.9. The van der Waals surface area contributed by atoms with Crippen LogP contribution in [0.3, 0.4) is 0 Å². The number of halogens is 1. The summed E-state index contributed by atoms with van der Waals surface area (Å²) in [6, 6.07) is 14.9. The largest absolute Gasteiger partial charge is 0.396 e. The molecule has 1 fully saturated rings. The molecular weight excluding hydrogens is 452 g/mol. The Bertz CT molecular complexity index is 1190. The van der Waals surface area contributed by atoms with E-state index in [9.17, 15) is 10.1 Å². The van der Waals surface area contributed by atoms with Crippen molar-refractivity contribution in [2.24, 2.45) is 0 Å². The number of hydrogen-bond acceptors (Lipinski definition) is 6. The molecule has 2 aromatic carbocycles. The number of nitrogens with zero attached hydrogens (tertiary/aromatic N) is 5. The molecule has 8 nitrogen and oxygen atoms in total. The molecule has 1 amide bonds. The SMILES string of the molecule is Cc1c(C(=O)Nc2ccc(N3CCN(CCCO)CC3)c(C#N)c2)cnn1-c1ccc(Cl)cc1. The van der Waals surface area contributed by atoms with Crippen LogP contribution in [-0.4, -0.2) is 65.0 Å². The monoisotopic (exact) mass is 478 g/mol. The topological polar surface area (TPSA) is 97.4 Å². The summed E-state index contributed by atoms with van der Waals surface area (Å²) in [5.74, 6) is -0.285. The number of carbonyl (C=O) groups excluding carboxylic acids is 1. The highest BCUT2D eigenvalue weighted by molar-refractivity contribution is 6.30. The fraction of sp³-hybridized carbons (Fsp3) is 0.320. The maximum atomic E-state index is 12.9. The van der Waals surface area contributed by atoms with Crippen molar-refractivity contribution in [2.45, 2.75) is 13.3 Å². The molecule has 0 spiro atoms. The summed E-state index contributed by atoms with van der Waals surface area (Å²) >= 11 is 5.96. The molecule has 3 aromatic rings. The zero-order valence-electron chi connectivity index (χ0n) is 19.0. The molecule has 1 saturated heterocycles. The van der Waals surface area contributed by atoms with Crippen LogP contribution in [0.4, 0.5) is 11.4 Å². The molecule has 1 aliphatic rings. The number of piperazine rings is 1. The van der Waals surface area contributed by atoms with E-state index in [1.54, 1.807) is 22.9 Å². The van der Waals surface area contributed by atoms with E-state index in [0.29, 0.717) is 27.5 Å². The van der Waals surface area contributed by atoms with Gasteiger partial charge in [-0.2, -0.15) is 10.4 Å². The molecule has 176 valence electrons. The summed E-state index contributed by atoms with van der Waals surface area (Å²) in [5.41, 5.74) is 3.93. The summed E-state index contributed by atoms with van der Waals surface area (Å²) in [6.45, 7) is 6.33. The van der Waals surface area contributed by atoms with Gasteiger partial charge in [0.15, 0.2) is 0 Å². The first-order valence-electron chi connectivity index (χ1n) is 11.2. The predicted molar refractivity (Wildman–Crippen MR) is 133 cm³/mol. The summed E-state index contributed by atoms with van der Waals surface area (Å²) in [4.78, 5) is 17.5. The van der Waals surface area contributed by atoms with Gasteiger partial charge in [-0.15, -0.1) is 0 Å². The van der Waals surface area contributed by atoms with Gasteiger partial charge >= 0.3 is 0 Å². The van der Waals surface area contributed by atoms with E-state index in [1.807, 2.05) is 31.2 Å². The van der Waals surface area contributed by atoms with Crippen molar-refractivity contribution >= 4 is 28.9 Å². The number of nitrogens with one attached hydrogen (secondary N) is 1. The fourth-order valence-corrected chi connectivity index (χ4v) is 4.29. The van der Waals surface area contributed by atoms with E-state index in [0.717, 1.165) is 50.5 Å². The van der Waals surface area contributed by atoms with E-state index < -0.39 is 0 Å². The molecule has 0 radical (unpaired) electrons. The molecule has 2 heterocycles. The van der Waals surface area contributed by atoms with Crippen LogP contribution in [0.15, 0.2) is 48.7 Å². The van der Waals surface area contributed by atoms with Crippen LogP contribution in [0.5, 0.6) is 0 Å². The summed E-state index contributed by atoms with van der Waals surface area (Å²) in [5, 5.41) is 26.6. The quantitative estimate of drug-likeness (QED) is 0.539. The normalized spacial score (nSPS) is 14.1. The minimum atomic E-state index is -0.285. The van der Waals surface area contributed by atoms with Crippen LogP contribution in [0.2, 0.25) is 5.02 Å². The van der Waals surface area contributed by atoms with Gasteiger partial charge in [-0.1, -0.05) is 11.6 Å².